The first-order chi connectivity index (χ1) is 8.65. The predicted molar refractivity (Wildman–Crippen MR) is 76.2 cm³/mol. The summed E-state index contributed by atoms with van der Waals surface area (Å²) in [6.07, 6.45) is 1.26. The fraction of sp³-hybridized carbons (Fsp3) is 0.500. The lowest BCUT2D eigenvalue weighted by Crippen LogP contribution is -2.41. The van der Waals surface area contributed by atoms with Crippen molar-refractivity contribution in [1.82, 2.24) is 4.90 Å². The first kappa shape index (κ1) is 16.0. The Kier molecular flexibility index (Phi) is 6.28. The van der Waals surface area contributed by atoms with Crippen molar-refractivity contribution in [2.75, 3.05) is 26.2 Å². The maximum absolute atomic E-state index is 10.7. The van der Waals surface area contributed by atoms with E-state index in [2.05, 4.69) is 11.8 Å². The monoisotopic (exact) mass is 285 g/mol. The van der Waals surface area contributed by atoms with Crippen LogP contribution in [0.25, 0.3) is 0 Å². The molecule has 1 fully saturated rings. The molecule has 0 spiro atoms. The average molecular weight is 286 g/mol. The van der Waals surface area contributed by atoms with Gasteiger partial charge in [-0.1, -0.05) is 12.1 Å². The average Bonchev–Trinajstić information content (AvgIpc) is 2.37. The van der Waals surface area contributed by atoms with Crippen molar-refractivity contribution in [3.63, 3.8) is 0 Å². The van der Waals surface area contributed by atoms with Gasteiger partial charge in [0.25, 0.3) is 0 Å². The molecule has 1 aliphatic heterocycles. The number of morpholine rings is 1. The zero-order chi connectivity index (χ0) is 13.0. The van der Waals surface area contributed by atoms with Gasteiger partial charge in [-0.2, -0.15) is 0 Å². The molecule has 2 rings (SSSR count). The number of carboxylic acid groups (broad SMARTS) is 1. The topological polar surface area (TPSA) is 49.8 Å². The van der Waals surface area contributed by atoms with Gasteiger partial charge in [0.15, 0.2) is 0 Å². The van der Waals surface area contributed by atoms with Crippen LogP contribution in [0.15, 0.2) is 24.3 Å². The number of benzene rings is 1. The van der Waals surface area contributed by atoms with Crippen LogP contribution in [0.1, 0.15) is 22.8 Å². The second kappa shape index (κ2) is 7.48. The van der Waals surface area contributed by atoms with Crippen LogP contribution >= 0.6 is 12.4 Å². The van der Waals surface area contributed by atoms with Gasteiger partial charge in [0.2, 0.25) is 0 Å². The Balaban J connectivity index is 0.00000180. The Morgan fingerprint density at radius 1 is 1.42 bits per heavy atom. The summed E-state index contributed by atoms with van der Waals surface area (Å²) in [5, 5.41) is 8.82. The molecule has 5 heteroatoms. The SMILES string of the molecule is CC1CN(CCc2ccc(C(=O)O)cc2)CCO1.Cl. The van der Waals surface area contributed by atoms with E-state index in [0.717, 1.165) is 32.7 Å². The number of nitrogens with zero attached hydrogens (tertiary/aromatic N) is 1. The molecule has 1 N–H and O–H groups in total. The van der Waals surface area contributed by atoms with Crippen LogP contribution in [0.3, 0.4) is 0 Å². The molecule has 0 amide bonds. The molecular weight excluding hydrogens is 266 g/mol. The molecule has 1 aromatic carbocycles. The van der Waals surface area contributed by atoms with Crippen LogP contribution in [0.4, 0.5) is 0 Å². The Morgan fingerprint density at radius 2 is 2.11 bits per heavy atom. The maximum atomic E-state index is 10.7. The number of ether oxygens (including phenoxy) is 1. The molecule has 1 unspecified atom stereocenters. The van der Waals surface area contributed by atoms with Gasteiger partial charge < -0.3 is 9.84 Å². The van der Waals surface area contributed by atoms with E-state index < -0.39 is 5.97 Å². The van der Waals surface area contributed by atoms with Crippen LogP contribution in [-0.2, 0) is 11.2 Å². The minimum absolute atomic E-state index is 0. The Bertz CT molecular complexity index is 408. The highest BCUT2D eigenvalue weighted by atomic mass is 35.5. The number of aromatic carboxylic acids is 1. The van der Waals surface area contributed by atoms with Gasteiger partial charge in [0.1, 0.15) is 0 Å². The van der Waals surface area contributed by atoms with Gasteiger partial charge in [-0.15, -0.1) is 12.4 Å². The highest BCUT2D eigenvalue weighted by Crippen LogP contribution is 2.08. The van der Waals surface area contributed by atoms with E-state index in [-0.39, 0.29) is 12.4 Å². The van der Waals surface area contributed by atoms with Crippen LogP contribution in [0, 0.1) is 0 Å². The highest BCUT2D eigenvalue weighted by Gasteiger charge is 2.15. The van der Waals surface area contributed by atoms with Gasteiger partial charge in [0, 0.05) is 19.6 Å². The predicted octanol–water partition coefficient (Wildman–Crippen LogP) is 2.07. The van der Waals surface area contributed by atoms with E-state index in [1.807, 2.05) is 12.1 Å². The zero-order valence-electron chi connectivity index (χ0n) is 11.0. The Labute approximate surface area is 119 Å². The van der Waals surface area contributed by atoms with Crippen molar-refractivity contribution in [3.8, 4) is 0 Å². The van der Waals surface area contributed by atoms with E-state index in [1.165, 1.54) is 5.56 Å². The fourth-order valence-corrected chi connectivity index (χ4v) is 2.19. The molecule has 1 heterocycles. The number of hydrogen-bond acceptors (Lipinski definition) is 3. The number of rotatable bonds is 4. The maximum Gasteiger partial charge on any atom is 0.335 e. The third-order valence-electron chi connectivity index (χ3n) is 3.24. The van der Waals surface area contributed by atoms with Gasteiger partial charge in [-0.25, -0.2) is 4.79 Å². The van der Waals surface area contributed by atoms with Crippen molar-refractivity contribution < 1.29 is 14.6 Å². The minimum atomic E-state index is -0.872. The lowest BCUT2D eigenvalue weighted by Gasteiger charge is -2.31. The second-order valence-corrected chi connectivity index (χ2v) is 4.73. The molecule has 106 valence electrons. The fourth-order valence-electron chi connectivity index (χ4n) is 2.19. The molecule has 0 aliphatic carbocycles. The van der Waals surface area contributed by atoms with Crippen molar-refractivity contribution >= 4 is 18.4 Å². The van der Waals surface area contributed by atoms with Crippen LogP contribution < -0.4 is 0 Å². The molecule has 0 aromatic heterocycles. The van der Waals surface area contributed by atoms with E-state index in [0.29, 0.717) is 11.7 Å². The largest absolute Gasteiger partial charge is 0.478 e. The first-order valence-electron chi connectivity index (χ1n) is 6.31. The Morgan fingerprint density at radius 3 is 2.68 bits per heavy atom. The summed E-state index contributed by atoms with van der Waals surface area (Å²) in [6.45, 7) is 5.86. The van der Waals surface area contributed by atoms with Crippen molar-refractivity contribution in [1.29, 1.82) is 0 Å². The van der Waals surface area contributed by atoms with E-state index in [4.69, 9.17) is 9.84 Å². The minimum Gasteiger partial charge on any atom is -0.478 e. The molecule has 0 radical (unpaired) electrons. The molecule has 0 saturated carbocycles. The third kappa shape index (κ3) is 4.82. The van der Waals surface area contributed by atoms with Gasteiger partial charge >= 0.3 is 5.97 Å². The second-order valence-electron chi connectivity index (χ2n) is 4.73. The summed E-state index contributed by atoms with van der Waals surface area (Å²) in [5.74, 6) is -0.872. The van der Waals surface area contributed by atoms with E-state index in [9.17, 15) is 4.79 Å². The number of carbonyl (C=O) groups is 1. The number of halogens is 1. The molecular formula is C14H20ClNO3. The van der Waals surface area contributed by atoms with E-state index >= 15 is 0 Å². The first-order valence-corrected chi connectivity index (χ1v) is 6.31. The van der Waals surface area contributed by atoms with Crippen LogP contribution in [0.5, 0.6) is 0 Å². The summed E-state index contributed by atoms with van der Waals surface area (Å²) < 4.78 is 5.50. The molecule has 1 aliphatic rings. The highest BCUT2D eigenvalue weighted by molar-refractivity contribution is 5.87. The third-order valence-corrected chi connectivity index (χ3v) is 3.24. The number of carboxylic acids is 1. The Hall–Kier alpha value is -1.10. The summed E-state index contributed by atoms with van der Waals surface area (Å²) >= 11 is 0. The van der Waals surface area contributed by atoms with Gasteiger partial charge in [-0.3, -0.25) is 4.90 Å². The summed E-state index contributed by atoms with van der Waals surface area (Å²) in [5.41, 5.74) is 1.53. The summed E-state index contributed by atoms with van der Waals surface area (Å²) in [4.78, 5) is 13.1. The lowest BCUT2D eigenvalue weighted by atomic mass is 10.1. The molecule has 1 aromatic rings. The zero-order valence-corrected chi connectivity index (χ0v) is 11.9. The molecule has 4 nitrogen and oxygen atoms in total. The smallest absolute Gasteiger partial charge is 0.335 e. The van der Waals surface area contributed by atoms with Crippen LogP contribution in [0.2, 0.25) is 0 Å². The van der Waals surface area contributed by atoms with Crippen LogP contribution in [-0.4, -0.2) is 48.3 Å². The molecule has 1 atom stereocenters. The van der Waals surface area contributed by atoms with Crippen molar-refractivity contribution in [3.05, 3.63) is 35.4 Å². The molecule has 1 saturated heterocycles. The standard InChI is InChI=1S/C14H19NO3.ClH/c1-11-10-15(8-9-18-11)7-6-12-2-4-13(5-3-12)14(16)17;/h2-5,11H,6-10H2,1H3,(H,16,17);1H. The number of hydrogen-bond donors (Lipinski definition) is 1. The van der Waals surface area contributed by atoms with E-state index in [1.54, 1.807) is 12.1 Å². The quantitative estimate of drug-likeness (QED) is 0.920. The van der Waals surface area contributed by atoms with Gasteiger partial charge in [0.05, 0.1) is 18.3 Å². The van der Waals surface area contributed by atoms with Crippen molar-refractivity contribution in [2.45, 2.75) is 19.4 Å². The lowest BCUT2D eigenvalue weighted by molar-refractivity contribution is -0.0177. The van der Waals surface area contributed by atoms with Crippen molar-refractivity contribution in [2.24, 2.45) is 0 Å². The van der Waals surface area contributed by atoms with Gasteiger partial charge in [-0.05, 0) is 31.0 Å². The summed E-state index contributed by atoms with van der Waals surface area (Å²) in [6, 6.07) is 7.12. The molecule has 19 heavy (non-hydrogen) atoms. The normalized spacial score (nSPS) is 19.7. The molecule has 0 bridgehead atoms. The summed E-state index contributed by atoms with van der Waals surface area (Å²) in [7, 11) is 0.